The molecular formula is C16H21F3N2O2. The molecule has 2 amide bonds. The van der Waals surface area contributed by atoms with Gasteiger partial charge in [-0.3, -0.25) is 9.59 Å². The predicted molar refractivity (Wildman–Crippen MR) is 80.6 cm³/mol. The highest BCUT2D eigenvalue weighted by molar-refractivity contribution is 5.85. The summed E-state index contributed by atoms with van der Waals surface area (Å²) >= 11 is 0. The standard InChI is InChI=1S/C16H21F3N2O2/c1-12(9-13-7-5-4-6-8-13)15(23)21(11-16(17,18)19)10-14(22)20(2)3/h4-8,12H,9-11H2,1-3H3/t12-/m0/s1. The molecule has 4 nitrogen and oxygen atoms in total. The maximum absolute atomic E-state index is 12.7. The van der Waals surface area contributed by atoms with E-state index >= 15 is 0 Å². The Labute approximate surface area is 133 Å². The molecule has 1 rings (SSSR count). The van der Waals surface area contributed by atoms with Gasteiger partial charge >= 0.3 is 6.18 Å². The molecule has 0 aliphatic carbocycles. The van der Waals surface area contributed by atoms with Crippen LogP contribution in [0.5, 0.6) is 0 Å². The van der Waals surface area contributed by atoms with Crippen molar-refractivity contribution in [1.82, 2.24) is 9.80 Å². The number of carbonyl (C=O) groups is 2. The number of rotatable bonds is 6. The van der Waals surface area contributed by atoms with Crippen LogP contribution in [-0.2, 0) is 16.0 Å². The van der Waals surface area contributed by atoms with Crippen LogP contribution >= 0.6 is 0 Å². The van der Waals surface area contributed by atoms with Gasteiger partial charge in [-0.25, -0.2) is 0 Å². The summed E-state index contributed by atoms with van der Waals surface area (Å²) in [5.74, 6) is -1.87. The lowest BCUT2D eigenvalue weighted by molar-refractivity contribution is -0.166. The van der Waals surface area contributed by atoms with Gasteiger partial charge in [-0.1, -0.05) is 37.3 Å². The fourth-order valence-electron chi connectivity index (χ4n) is 2.10. The molecule has 0 fully saturated rings. The van der Waals surface area contributed by atoms with E-state index in [0.717, 1.165) is 5.56 Å². The van der Waals surface area contributed by atoms with E-state index in [1.165, 1.54) is 19.0 Å². The van der Waals surface area contributed by atoms with Crippen molar-refractivity contribution < 1.29 is 22.8 Å². The fourth-order valence-corrected chi connectivity index (χ4v) is 2.10. The highest BCUT2D eigenvalue weighted by Gasteiger charge is 2.35. The Balaban J connectivity index is 2.82. The van der Waals surface area contributed by atoms with E-state index in [1.807, 2.05) is 18.2 Å². The van der Waals surface area contributed by atoms with Crippen LogP contribution in [0.4, 0.5) is 13.2 Å². The van der Waals surface area contributed by atoms with Crippen molar-refractivity contribution in [3.05, 3.63) is 35.9 Å². The SMILES string of the molecule is C[C@@H](Cc1ccccc1)C(=O)N(CC(=O)N(C)C)CC(F)(F)F. The number of alkyl halides is 3. The first-order chi connectivity index (χ1) is 10.6. The second-order valence-corrected chi connectivity index (χ2v) is 5.69. The summed E-state index contributed by atoms with van der Waals surface area (Å²) in [6.07, 6.45) is -4.22. The molecule has 0 radical (unpaired) electrons. The molecule has 0 heterocycles. The summed E-state index contributed by atoms with van der Waals surface area (Å²) in [4.78, 5) is 25.8. The Morgan fingerprint density at radius 1 is 1.13 bits per heavy atom. The Morgan fingerprint density at radius 3 is 2.17 bits per heavy atom. The lowest BCUT2D eigenvalue weighted by Gasteiger charge is -2.27. The van der Waals surface area contributed by atoms with Crippen LogP contribution in [0, 0.1) is 5.92 Å². The van der Waals surface area contributed by atoms with Crippen molar-refractivity contribution in [2.24, 2.45) is 5.92 Å². The first-order valence-corrected chi connectivity index (χ1v) is 7.19. The van der Waals surface area contributed by atoms with Gasteiger partial charge in [-0.2, -0.15) is 13.2 Å². The van der Waals surface area contributed by atoms with Gasteiger partial charge < -0.3 is 9.80 Å². The van der Waals surface area contributed by atoms with Gasteiger partial charge in [-0.15, -0.1) is 0 Å². The Bertz CT molecular complexity index is 530. The first-order valence-electron chi connectivity index (χ1n) is 7.19. The number of nitrogens with zero attached hydrogens (tertiary/aromatic N) is 2. The number of likely N-dealkylation sites (N-methyl/N-ethyl adjacent to an activating group) is 1. The lowest BCUT2D eigenvalue weighted by atomic mass is 10.00. The van der Waals surface area contributed by atoms with Crippen LogP contribution in [0.1, 0.15) is 12.5 Å². The summed E-state index contributed by atoms with van der Waals surface area (Å²) in [5.41, 5.74) is 0.860. The van der Waals surface area contributed by atoms with E-state index in [0.29, 0.717) is 11.3 Å². The third-order valence-corrected chi connectivity index (χ3v) is 3.31. The van der Waals surface area contributed by atoms with E-state index in [-0.39, 0.29) is 0 Å². The number of amides is 2. The number of halogens is 3. The molecule has 0 aromatic heterocycles. The maximum Gasteiger partial charge on any atom is 0.406 e. The largest absolute Gasteiger partial charge is 0.406 e. The van der Waals surface area contributed by atoms with Crippen LogP contribution < -0.4 is 0 Å². The quantitative estimate of drug-likeness (QED) is 0.803. The van der Waals surface area contributed by atoms with Gasteiger partial charge in [0.05, 0.1) is 0 Å². The van der Waals surface area contributed by atoms with Gasteiger partial charge in [0.1, 0.15) is 13.1 Å². The first kappa shape index (κ1) is 19.0. The van der Waals surface area contributed by atoms with Gasteiger partial charge in [0.15, 0.2) is 0 Å². The van der Waals surface area contributed by atoms with Crippen molar-refractivity contribution in [2.75, 3.05) is 27.2 Å². The number of hydrogen-bond donors (Lipinski definition) is 0. The molecule has 1 aromatic rings. The summed E-state index contributed by atoms with van der Waals surface area (Å²) in [6, 6.07) is 9.04. The van der Waals surface area contributed by atoms with Gasteiger partial charge in [0, 0.05) is 20.0 Å². The monoisotopic (exact) mass is 330 g/mol. The zero-order valence-corrected chi connectivity index (χ0v) is 13.4. The minimum Gasteiger partial charge on any atom is -0.347 e. The van der Waals surface area contributed by atoms with E-state index in [2.05, 4.69) is 0 Å². The molecule has 1 aromatic carbocycles. The highest BCUT2D eigenvalue weighted by atomic mass is 19.4. The van der Waals surface area contributed by atoms with Crippen molar-refractivity contribution >= 4 is 11.8 Å². The number of carbonyl (C=O) groups excluding carboxylic acids is 2. The minimum absolute atomic E-state index is 0.324. The molecule has 0 unspecified atom stereocenters. The van der Waals surface area contributed by atoms with E-state index in [1.54, 1.807) is 19.1 Å². The van der Waals surface area contributed by atoms with E-state index < -0.39 is 37.0 Å². The second-order valence-electron chi connectivity index (χ2n) is 5.69. The molecular weight excluding hydrogens is 309 g/mol. The molecule has 0 saturated carbocycles. The summed E-state index contributed by atoms with van der Waals surface area (Å²) < 4.78 is 38.1. The molecule has 0 aliphatic rings. The number of hydrogen-bond acceptors (Lipinski definition) is 2. The summed E-state index contributed by atoms with van der Waals surface area (Å²) in [6.45, 7) is -0.437. The molecule has 0 saturated heterocycles. The van der Waals surface area contributed by atoms with E-state index in [4.69, 9.17) is 0 Å². The molecule has 128 valence electrons. The molecule has 0 spiro atoms. The Morgan fingerprint density at radius 2 is 1.70 bits per heavy atom. The molecule has 23 heavy (non-hydrogen) atoms. The third-order valence-electron chi connectivity index (χ3n) is 3.31. The highest BCUT2D eigenvalue weighted by Crippen LogP contribution is 2.19. The zero-order valence-electron chi connectivity index (χ0n) is 13.4. The van der Waals surface area contributed by atoms with Crippen molar-refractivity contribution in [3.8, 4) is 0 Å². The normalized spacial score (nSPS) is 12.6. The van der Waals surface area contributed by atoms with Crippen molar-refractivity contribution in [1.29, 1.82) is 0 Å². The minimum atomic E-state index is -4.55. The summed E-state index contributed by atoms with van der Waals surface area (Å²) in [5, 5.41) is 0. The summed E-state index contributed by atoms with van der Waals surface area (Å²) in [7, 11) is 2.87. The van der Waals surface area contributed by atoms with Crippen LogP contribution in [0.2, 0.25) is 0 Å². The van der Waals surface area contributed by atoms with Crippen LogP contribution in [0.3, 0.4) is 0 Å². The molecule has 7 heteroatoms. The molecule has 0 N–H and O–H groups in total. The van der Waals surface area contributed by atoms with Crippen molar-refractivity contribution in [2.45, 2.75) is 19.5 Å². The Hall–Kier alpha value is -2.05. The molecule has 0 aliphatic heterocycles. The average Bonchev–Trinajstić information content (AvgIpc) is 2.45. The van der Waals surface area contributed by atoms with Gasteiger partial charge in [-0.05, 0) is 12.0 Å². The van der Waals surface area contributed by atoms with Crippen LogP contribution in [0.15, 0.2) is 30.3 Å². The zero-order chi connectivity index (χ0) is 17.6. The topological polar surface area (TPSA) is 40.6 Å². The average molecular weight is 330 g/mol. The molecule has 1 atom stereocenters. The molecule has 0 bridgehead atoms. The predicted octanol–water partition coefficient (Wildman–Crippen LogP) is 2.34. The van der Waals surface area contributed by atoms with Crippen molar-refractivity contribution in [3.63, 3.8) is 0 Å². The van der Waals surface area contributed by atoms with Gasteiger partial charge in [0.2, 0.25) is 11.8 Å². The Kier molecular flexibility index (Phi) is 6.60. The maximum atomic E-state index is 12.7. The van der Waals surface area contributed by atoms with Gasteiger partial charge in [0.25, 0.3) is 0 Å². The number of benzene rings is 1. The van der Waals surface area contributed by atoms with Crippen LogP contribution in [0.25, 0.3) is 0 Å². The third kappa shape index (κ3) is 6.71. The second kappa shape index (κ2) is 7.99. The van der Waals surface area contributed by atoms with E-state index in [9.17, 15) is 22.8 Å². The fraction of sp³-hybridized carbons (Fsp3) is 0.500. The lowest BCUT2D eigenvalue weighted by Crippen LogP contribution is -2.47. The van der Waals surface area contributed by atoms with Crippen LogP contribution in [-0.4, -0.2) is 55.0 Å². The smallest absolute Gasteiger partial charge is 0.347 e.